The molecule has 9 heteroatoms. The van der Waals surface area contributed by atoms with Gasteiger partial charge in [-0.2, -0.15) is 30.6 Å². The number of rotatable bonds is 6. The third kappa shape index (κ3) is 5.45. The maximum atomic E-state index is 12.3. The maximum Gasteiger partial charge on any atom is 0.411 e. The molecule has 1 aliphatic rings. The van der Waals surface area contributed by atoms with Gasteiger partial charge in [0.1, 0.15) is 6.61 Å². The van der Waals surface area contributed by atoms with E-state index >= 15 is 0 Å². The summed E-state index contributed by atoms with van der Waals surface area (Å²) in [5.41, 5.74) is 2.05. The van der Waals surface area contributed by atoms with Crippen LogP contribution in [0, 0.1) is 0 Å². The van der Waals surface area contributed by atoms with Crippen molar-refractivity contribution in [2.45, 2.75) is 32.1 Å². The van der Waals surface area contributed by atoms with Crippen molar-refractivity contribution in [1.82, 2.24) is 9.03 Å². The summed E-state index contributed by atoms with van der Waals surface area (Å²) >= 11 is 0. The minimum atomic E-state index is -4.42. The van der Waals surface area contributed by atoms with E-state index in [9.17, 15) is 21.6 Å². The average molecular weight is 352 g/mol. The molecule has 1 aromatic carbocycles. The summed E-state index contributed by atoms with van der Waals surface area (Å²) in [6, 6.07) is 6.82. The number of hydrogen-bond donors (Lipinski definition) is 1. The fraction of sp³-hybridized carbons (Fsp3) is 0.571. The Bertz CT molecular complexity index is 634. The molecular formula is C14H19F3N2O3S. The Morgan fingerprint density at radius 1 is 1.30 bits per heavy atom. The molecule has 0 saturated carbocycles. The smallest absolute Gasteiger partial charge is 0.370 e. The number of ether oxygens (including phenoxy) is 1. The van der Waals surface area contributed by atoms with Crippen LogP contribution in [-0.4, -0.2) is 44.7 Å². The van der Waals surface area contributed by atoms with Gasteiger partial charge >= 0.3 is 6.18 Å². The Morgan fingerprint density at radius 2 is 1.96 bits per heavy atom. The lowest BCUT2D eigenvalue weighted by Gasteiger charge is -2.29. The van der Waals surface area contributed by atoms with Crippen LogP contribution in [0.15, 0.2) is 24.3 Å². The van der Waals surface area contributed by atoms with Gasteiger partial charge in [0.2, 0.25) is 0 Å². The van der Waals surface area contributed by atoms with Gasteiger partial charge in [0.15, 0.2) is 0 Å². The molecule has 1 N–H and O–H groups in total. The molecule has 0 amide bonds. The Balaban J connectivity index is 1.89. The zero-order chi connectivity index (χ0) is 17.1. The Hall–Kier alpha value is -1.16. The van der Waals surface area contributed by atoms with Crippen LogP contribution in [0.25, 0.3) is 0 Å². The highest BCUT2D eigenvalue weighted by Gasteiger charge is 2.30. The highest BCUT2D eigenvalue weighted by atomic mass is 32.2. The van der Waals surface area contributed by atoms with Gasteiger partial charge in [-0.3, -0.25) is 0 Å². The van der Waals surface area contributed by atoms with Crippen molar-refractivity contribution in [3.05, 3.63) is 35.4 Å². The number of nitrogens with zero attached hydrogens (tertiary/aromatic N) is 1. The van der Waals surface area contributed by atoms with E-state index in [0.29, 0.717) is 13.0 Å². The van der Waals surface area contributed by atoms with E-state index in [2.05, 4.69) is 9.46 Å². The van der Waals surface area contributed by atoms with Crippen LogP contribution in [0.2, 0.25) is 0 Å². The first kappa shape index (κ1) is 18.2. The largest absolute Gasteiger partial charge is 0.411 e. The van der Waals surface area contributed by atoms with Gasteiger partial charge < -0.3 is 4.74 Å². The molecule has 0 fully saturated rings. The van der Waals surface area contributed by atoms with Gasteiger partial charge in [0.25, 0.3) is 10.2 Å². The van der Waals surface area contributed by atoms with Crippen LogP contribution in [0.5, 0.6) is 0 Å². The van der Waals surface area contributed by atoms with Gasteiger partial charge in [-0.25, -0.2) is 0 Å². The second-order valence-electron chi connectivity index (χ2n) is 5.51. The molecule has 1 aromatic rings. The zero-order valence-corrected chi connectivity index (χ0v) is 13.5. The molecule has 0 aliphatic carbocycles. The molecule has 130 valence electrons. The van der Waals surface area contributed by atoms with Crippen molar-refractivity contribution >= 4 is 10.2 Å². The molecular weight excluding hydrogens is 333 g/mol. The lowest BCUT2D eigenvalue weighted by atomic mass is 10.0. The molecule has 0 aromatic heterocycles. The number of benzene rings is 1. The fourth-order valence-corrected chi connectivity index (χ4v) is 3.76. The molecule has 0 bridgehead atoms. The summed E-state index contributed by atoms with van der Waals surface area (Å²) in [6.07, 6.45) is -3.81. The summed E-state index contributed by atoms with van der Waals surface area (Å²) in [5.74, 6) is 0. The summed E-state index contributed by atoms with van der Waals surface area (Å²) in [7, 11) is -3.77. The highest BCUT2D eigenvalue weighted by molar-refractivity contribution is 7.87. The van der Waals surface area contributed by atoms with Crippen LogP contribution in [-0.2, 0) is 27.9 Å². The Labute approximate surface area is 133 Å². The third-order valence-corrected chi connectivity index (χ3v) is 5.11. The zero-order valence-electron chi connectivity index (χ0n) is 12.6. The third-order valence-electron chi connectivity index (χ3n) is 3.42. The minimum Gasteiger partial charge on any atom is -0.370 e. The van der Waals surface area contributed by atoms with Crippen molar-refractivity contribution in [2.24, 2.45) is 0 Å². The SMILES string of the molecule is CC(COCC(F)(F)F)NS(=O)(=O)N1CCc2ccccc2C1. The first-order valence-electron chi connectivity index (χ1n) is 7.16. The summed E-state index contributed by atoms with van der Waals surface area (Å²) in [6.45, 7) is 0.315. The fourth-order valence-electron chi connectivity index (χ4n) is 2.39. The van der Waals surface area contributed by atoms with Crippen molar-refractivity contribution in [2.75, 3.05) is 19.8 Å². The monoisotopic (exact) mass is 352 g/mol. The molecule has 1 aliphatic heterocycles. The van der Waals surface area contributed by atoms with E-state index in [1.54, 1.807) is 0 Å². The molecule has 5 nitrogen and oxygen atoms in total. The van der Waals surface area contributed by atoms with Crippen LogP contribution in [0.3, 0.4) is 0 Å². The number of hydrogen-bond acceptors (Lipinski definition) is 3. The van der Waals surface area contributed by atoms with Gasteiger partial charge in [-0.15, -0.1) is 0 Å². The lowest BCUT2D eigenvalue weighted by Crippen LogP contribution is -2.47. The highest BCUT2D eigenvalue weighted by Crippen LogP contribution is 2.20. The van der Waals surface area contributed by atoms with Crippen molar-refractivity contribution in [3.63, 3.8) is 0 Å². The molecule has 1 unspecified atom stereocenters. The predicted molar refractivity (Wildman–Crippen MR) is 78.9 cm³/mol. The van der Waals surface area contributed by atoms with Crippen LogP contribution < -0.4 is 4.72 Å². The number of nitrogens with one attached hydrogen (secondary N) is 1. The van der Waals surface area contributed by atoms with Gasteiger partial charge in [0, 0.05) is 19.1 Å². The molecule has 23 heavy (non-hydrogen) atoms. The molecule has 2 rings (SSSR count). The van der Waals surface area contributed by atoms with Crippen LogP contribution in [0.4, 0.5) is 13.2 Å². The van der Waals surface area contributed by atoms with Crippen LogP contribution in [0.1, 0.15) is 18.1 Å². The summed E-state index contributed by atoms with van der Waals surface area (Å²) in [4.78, 5) is 0. The number of alkyl halides is 3. The summed E-state index contributed by atoms with van der Waals surface area (Å²) < 4.78 is 68.7. The van der Waals surface area contributed by atoms with E-state index in [1.165, 1.54) is 11.2 Å². The number of halogens is 3. The van der Waals surface area contributed by atoms with E-state index in [1.807, 2.05) is 24.3 Å². The molecule has 0 spiro atoms. The van der Waals surface area contributed by atoms with Gasteiger partial charge in [-0.05, 0) is 24.5 Å². The van der Waals surface area contributed by atoms with E-state index < -0.39 is 29.0 Å². The summed E-state index contributed by atoms with van der Waals surface area (Å²) in [5, 5.41) is 0. The lowest BCUT2D eigenvalue weighted by molar-refractivity contribution is -0.174. The van der Waals surface area contributed by atoms with E-state index in [4.69, 9.17) is 0 Å². The molecule has 1 atom stereocenters. The Morgan fingerprint density at radius 3 is 2.61 bits per heavy atom. The first-order chi connectivity index (χ1) is 10.7. The van der Waals surface area contributed by atoms with Crippen molar-refractivity contribution in [3.8, 4) is 0 Å². The standard InChI is InChI=1S/C14H19F3N2O3S/c1-11(9-22-10-14(15,16)17)18-23(20,21)19-7-6-12-4-2-3-5-13(12)8-19/h2-5,11,18H,6-10H2,1H3. The normalized spacial score (nSPS) is 17.7. The van der Waals surface area contributed by atoms with E-state index in [0.717, 1.165) is 11.1 Å². The Kier molecular flexibility index (Phi) is 5.66. The second kappa shape index (κ2) is 7.16. The maximum absolute atomic E-state index is 12.3. The van der Waals surface area contributed by atoms with Crippen molar-refractivity contribution in [1.29, 1.82) is 0 Å². The number of fused-ring (bicyclic) bond motifs is 1. The molecule has 1 heterocycles. The minimum absolute atomic E-state index is 0.252. The molecule has 0 saturated heterocycles. The quantitative estimate of drug-likeness (QED) is 0.850. The topological polar surface area (TPSA) is 58.6 Å². The average Bonchev–Trinajstić information content (AvgIpc) is 2.44. The first-order valence-corrected chi connectivity index (χ1v) is 8.60. The van der Waals surface area contributed by atoms with Gasteiger partial charge in [0.05, 0.1) is 6.61 Å². The van der Waals surface area contributed by atoms with Gasteiger partial charge in [-0.1, -0.05) is 24.3 Å². The van der Waals surface area contributed by atoms with E-state index in [-0.39, 0.29) is 13.2 Å². The van der Waals surface area contributed by atoms with Crippen LogP contribution >= 0.6 is 0 Å². The predicted octanol–water partition coefficient (Wildman–Crippen LogP) is 1.85. The second-order valence-corrected chi connectivity index (χ2v) is 7.21. The molecule has 0 radical (unpaired) electrons. The van der Waals surface area contributed by atoms with Crippen molar-refractivity contribution < 1.29 is 26.3 Å².